The molecule has 2 amide bonds. The smallest absolute Gasteiger partial charge is 0.224 e. The summed E-state index contributed by atoms with van der Waals surface area (Å²) >= 11 is 7.86. The van der Waals surface area contributed by atoms with Gasteiger partial charge in [-0.1, -0.05) is 35.6 Å². The zero-order chi connectivity index (χ0) is 32.8. The second-order valence-electron chi connectivity index (χ2n) is 11.0. The third kappa shape index (κ3) is 7.37. The number of aliphatic hydroxyl groups is 1. The molecule has 1 atom stereocenters. The number of carbonyl (C=O) groups is 2. The van der Waals surface area contributed by atoms with Gasteiger partial charge < -0.3 is 21.5 Å². The Morgan fingerprint density at radius 1 is 1.09 bits per heavy atom. The summed E-state index contributed by atoms with van der Waals surface area (Å²) in [5.41, 5.74) is 11.2. The van der Waals surface area contributed by atoms with Crippen LogP contribution in [-0.2, 0) is 16.2 Å². The van der Waals surface area contributed by atoms with E-state index in [1.54, 1.807) is 29.5 Å². The van der Waals surface area contributed by atoms with Crippen molar-refractivity contribution in [1.29, 1.82) is 0 Å². The lowest BCUT2D eigenvalue weighted by atomic mass is 9.99. The highest BCUT2D eigenvalue weighted by molar-refractivity contribution is 7.15. The molecule has 5 N–H and O–H groups in total. The Morgan fingerprint density at radius 2 is 1.87 bits per heavy atom. The molecule has 238 valence electrons. The van der Waals surface area contributed by atoms with Crippen LogP contribution in [0.3, 0.4) is 0 Å². The number of aromatic nitrogens is 3. The van der Waals surface area contributed by atoms with E-state index in [0.29, 0.717) is 53.5 Å². The highest BCUT2D eigenvalue weighted by Crippen LogP contribution is 2.39. The number of halogens is 1. The van der Waals surface area contributed by atoms with Crippen LogP contribution in [0.4, 0.5) is 5.69 Å². The van der Waals surface area contributed by atoms with Crippen LogP contribution in [0, 0.1) is 32.6 Å². The van der Waals surface area contributed by atoms with Crippen LogP contribution in [0.5, 0.6) is 0 Å². The van der Waals surface area contributed by atoms with E-state index in [1.807, 2.05) is 35.8 Å². The largest absolute Gasteiger partial charge is 0.392 e. The number of unbranched alkanes of at least 4 members (excludes halogenated alkanes) is 1. The van der Waals surface area contributed by atoms with Gasteiger partial charge in [-0.3, -0.25) is 19.1 Å². The van der Waals surface area contributed by atoms with E-state index < -0.39 is 6.04 Å². The second-order valence-corrected chi connectivity index (χ2v) is 12.6. The average Bonchev–Trinajstić information content (AvgIpc) is 3.52. The number of nitrogens with two attached hydrogens (primary N) is 1. The van der Waals surface area contributed by atoms with E-state index in [1.165, 1.54) is 4.88 Å². The van der Waals surface area contributed by atoms with Gasteiger partial charge in [-0.25, -0.2) is 0 Å². The quantitative estimate of drug-likeness (QED) is 0.141. The van der Waals surface area contributed by atoms with Gasteiger partial charge in [0.1, 0.15) is 16.9 Å². The predicted octanol–water partition coefficient (Wildman–Crippen LogP) is 4.92. The molecule has 0 saturated carbocycles. The Labute approximate surface area is 277 Å². The normalized spacial score (nSPS) is 13.5. The summed E-state index contributed by atoms with van der Waals surface area (Å²) in [6, 6.07) is 12.2. The van der Waals surface area contributed by atoms with E-state index >= 15 is 0 Å². The predicted molar refractivity (Wildman–Crippen MR) is 182 cm³/mol. The number of nitrogens with zero attached hydrogens (tertiary/aromatic N) is 4. The number of thiophene rings is 1. The zero-order valence-corrected chi connectivity index (χ0v) is 27.6. The topological polar surface area (TPSA) is 148 Å². The average molecular weight is 658 g/mol. The van der Waals surface area contributed by atoms with Crippen molar-refractivity contribution in [3.63, 3.8) is 0 Å². The van der Waals surface area contributed by atoms with Crippen molar-refractivity contribution in [3.05, 3.63) is 91.8 Å². The van der Waals surface area contributed by atoms with Crippen LogP contribution in [0.1, 0.15) is 76.1 Å². The minimum absolute atomic E-state index is 0.0987. The maximum Gasteiger partial charge on any atom is 0.224 e. The molecular formula is C34H36ClN7O3S. The number of nitrogens with one attached hydrogen (secondary N) is 2. The fraction of sp³-hybridized carbons (Fsp3) is 0.324. The van der Waals surface area contributed by atoms with Crippen molar-refractivity contribution >= 4 is 46.2 Å². The molecule has 12 heteroatoms. The van der Waals surface area contributed by atoms with Gasteiger partial charge in [-0.05, 0) is 75.1 Å². The molecule has 0 spiro atoms. The van der Waals surface area contributed by atoms with Crippen LogP contribution in [0.2, 0.25) is 5.02 Å². The molecule has 5 rings (SSSR count). The molecule has 0 fully saturated rings. The molecule has 2 aromatic heterocycles. The SMILES string of the molecule is Cc1sc2c(c1C)C(c1ccc(Cl)cc1)=NC(CC(=O)NCCCCC(=O)Nc1ccc(C#CCN)c(CO)c1)c1nnc(C)n1-2. The zero-order valence-electron chi connectivity index (χ0n) is 26.0. The molecule has 2 aromatic carbocycles. The monoisotopic (exact) mass is 657 g/mol. The number of fused-ring (bicyclic) bond motifs is 3. The minimum Gasteiger partial charge on any atom is -0.392 e. The van der Waals surface area contributed by atoms with Crippen molar-refractivity contribution in [2.24, 2.45) is 10.7 Å². The summed E-state index contributed by atoms with van der Waals surface area (Å²) in [6.45, 7) is 6.54. The fourth-order valence-electron chi connectivity index (χ4n) is 5.31. The van der Waals surface area contributed by atoms with E-state index in [0.717, 1.165) is 33.2 Å². The maximum absolute atomic E-state index is 13.2. The van der Waals surface area contributed by atoms with Gasteiger partial charge in [-0.2, -0.15) is 0 Å². The van der Waals surface area contributed by atoms with Crippen LogP contribution >= 0.6 is 22.9 Å². The molecular weight excluding hydrogens is 622 g/mol. The van der Waals surface area contributed by atoms with E-state index in [4.69, 9.17) is 22.3 Å². The molecule has 0 saturated heterocycles. The Balaban J connectivity index is 1.21. The standard InChI is InChI=1S/C34H36ClN7O3S/c1-20-21(2)46-34-31(20)32(24-9-12-26(35)13-10-24)39-28(33-41-40-22(3)42(33)34)18-30(45)37-16-5-4-8-29(44)38-27-14-11-23(7-6-15-36)25(17-27)19-43/h9-14,17,28,43H,4-5,8,15-16,18-19,36H2,1-3H3,(H,37,45)(H,38,44). The van der Waals surface area contributed by atoms with Crippen molar-refractivity contribution in [2.75, 3.05) is 18.4 Å². The van der Waals surface area contributed by atoms with Crippen molar-refractivity contribution in [1.82, 2.24) is 20.1 Å². The number of aliphatic imine (C=N–C) groups is 1. The van der Waals surface area contributed by atoms with Gasteiger partial charge in [0.2, 0.25) is 11.8 Å². The number of aryl methyl sites for hydroxylation is 2. The highest BCUT2D eigenvalue weighted by Gasteiger charge is 2.32. The number of benzene rings is 2. The van der Waals surface area contributed by atoms with E-state index in [9.17, 15) is 14.7 Å². The number of anilines is 1. The first kappa shape index (κ1) is 33.0. The van der Waals surface area contributed by atoms with Gasteiger partial charge in [-0.15, -0.1) is 21.5 Å². The summed E-state index contributed by atoms with van der Waals surface area (Å²) in [4.78, 5) is 32.0. The lowest BCUT2D eigenvalue weighted by Gasteiger charge is -2.13. The summed E-state index contributed by atoms with van der Waals surface area (Å²) in [5, 5.41) is 25.9. The maximum atomic E-state index is 13.2. The van der Waals surface area contributed by atoms with Crippen LogP contribution in [-0.4, -0.2) is 50.5 Å². The molecule has 0 aliphatic carbocycles. The van der Waals surface area contributed by atoms with Gasteiger partial charge in [0.05, 0.1) is 25.3 Å². The first-order chi connectivity index (χ1) is 22.2. The minimum atomic E-state index is -0.548. The number of aliphatic hydroxyl groups excluding tert-OH is 1. The third-order valence-corrected chi connectivity index (χ3v) is 9.22. The van der Waals surface area contributed by atoms with Crippen LogP contribution < -0.4 is 16.4 Å². The third-order valence-electron chi connectivity index (χ3n) is 7.77. The van der Waals surface area contributed by atoms with Gasteiger partial charge >= 0.3 is 0 Å². The molecule has 1 aliphatic heterocycles. The first-order valence-corrected chi connectivity index (χ1v) is 16.2. The number of amides is 2. The number of carbonyl (C=O) groups excluding carboxylic acids is 2. The number of rotatable bonds is 10. The van der Waals surface area contributed by atoms with E-state index in [2.05, 4.69) is 46.5 Å². The summed E-state index contributed by atoms with van der Waals surface area (Å²) in [6.07, 6.45) is 1.61. The number of hydrogen-bond acceptors (Lipinski definition) is 8. The summed E-state index contributed by atoms with van der Waals surface area (Å²) in [7, 11) is 0. The fourth-order valence-corrected chi connectivity index (χ4v) is 6.65. The molecule has 3 heterocycles. The Morgan fingerprint density at radius 3 is 2.61 bits per heavy atom. The van der Waals surface area contributed by atoms with Gasteiger partial charge in [0, 0.05) is 45.2 Å². The lowest BCUT2D eigenvalue weighted by molar-refractivity contribution is -0.121. The molecule has 4 aromatic rings. The molecule has 1 unspecified atom stereocenters. The molecule has 0 radical (unpaired) electrons. The first-order valence-electron chi connectivity index (χ1n) is 15.1. The molecule has 0 bridgehead atoms. The summed E-state index contributed by atoms with van der Waals surface area (Å²) < 4.78 is 2.02. The van der Waals surface area contributed by atoms with Crippen LogP contribution in [0.15, 0.2) is 47.5 Å². The Kier molecular flexibility index (Phi) is 10.7. The van der Waals surface area contributed by atoms with Crippen LogP contribution in [0.25, 0.3) is 5.00 Å². The van der Waals surface area contributed by atoms with Crippen molar-refractivity contribution in [2.45, 2.75) is 59.1 Å². The second kappa shape index (κ2) is 14.8. The molecule has 10 nitrogen and oxygen atoms in total. The van der Waals surface area contributed by atoms with E-state index in [-0.39, 0.29) is 31.4 Å². The van der Waals surface area contributed by atoms with Crippen molar-refractivity contribution in [3.8, 4) is 16.8 Å². The van der Waals surface area contributed by atoms with Gasteiger partial charge in [0.25, 0.3) is 0 Å². The molecule has 46 heavy (non-hydrogen) atoms. The summed E-state index contributed by atoms with van der Waals surface area (Å²) in [5.74, 6) is 6.73. The molecule has 1 aliphatic rings. The Bertz CT molecular complexity index is 1850. The number of hydrogen-bond donors (Lipinski definition) is 4. The van der Waals surface area contributed by atoms with Gasteiger partial charge in [0.15, 0.2) is 5.82 Å². The lowest BCUT2D eigenvalue weighted by Crippen LogP contribution is -2.26. The Hall–Kier alpha value is -4.34. The van der Waals surface area contributed by atoms with Crippen molar-refractivity contribution < 1.29 is 14.7 Å². The highest BCUT2D eigenvalue weighted by atomic mass is 35.5.